The third-order valence-corrected chi connectivity index (χ3v) is 3.96. The summed E-state index contributed by atoms with van der Waals surface area (Å²) in [6.45, 7) is 6.46. The van der Waals surface area contributed by atoms with Crippen molar-refractivity contribution < 1.29 is 0 Å². The van der Waals surface area contributed by atoms with Crippen LogP contribution in [0.25, 0.3) is 21.8 Å². The summed E-state index contributed by atoms with van der Waals surface area (Å²) in [5.41, 5.74) is 2.80. The van der Waals surface area contributed by atoms with E-state index in [2.05, 4.69) is 25.8 Å². The molecule has 102 valence electrons. The van der Waals surface area contributed by atoms with Crippen molar-refractivity contribution >= 4 is 33.4 Å². The molecule has 0 saturated carbocycles. The van der Waals surface area contributed by atoms with Crippen molar-refractivity contribution in [3.8, 4) is 0 Å². The maximum atomic E-state index is 12.5. The lowest BCUT2D eigenvalue weighted by molar-refractivity contribution is 0.591. The second kappa shape index (κ2) is 4.35. The van der Waals surface area contributed by atoms with E-state index in [1.165, 1.54) is 5.56 Å². The lowest BCUT2D eigenvalue weighted by Crippen LogP contribution is -2.12. The first-order valence-electron chi connectivity index (χ1n) is 6.63. The number of para-hydroxylation sites is 1. The van der Waals surface area contributed by atoms with Gasteiger partial charge in [-0.2, -0.15) is 0 Å². The van der Waals surface area contributed by atoms with Gasteiger partial charge in [0.1, 0.15) is 0 Å². The van der Waals surface area contributed by atoms with E-state index in [4.69, 9.17) is 11.6 Å². The van der Waals surface area contributed by atoms with Crippen LogP contribution >= 0.6 is 11.6 Å². The minimum absolute atomic E-state index is 0.0247. The molecule has 0 amide bonds. The fraction of sp³-hybridized carbons (Fsp3) is 0.235. The van der Waals surface area contributed by atoms with Gasteiger partial charge in [0.15, 0.2) is 5.43 Å². The monoisotopic (exact) mass is 285 g/mol. The zero-order valence-electron chi connectivity index (χ0n) is 11.8. The van der Waals surface area contributed by atoms with Gasteiger partial charge in [0, 0.05) is 10.8 Å². The summed E-state index contributed by atoms with van der Waals surface area (Å²) in [7, 11) is 0. The van der Waals surface area contributed by atoms with Gasteiger partial charge in [-0.3, -0.25) is 4.79 Å². The third-order valence-electron chi connectivity index (χ3n) is 3.65. The van der Waals surface area contributed by atoms with Crippen molar-refractivity contribution in [2.24, 2.45) is 0 Å². The van der Waals surface area contributed by atoms with Gasteiger partial charge in [0.2, 0.25) is 0 Å². The van der Waals surface area contributed by atoms with Crippen LogP contribution in [0.5, 0.6) is 0 Å². The van der Waals surface area contributed by atoms with Crippen molar-refractivity contribution in [1.29, 1.82) is 0 Å². The second-order valence-electron chi connectivity index (χ2n) is 6.13. The van der Waals surface area contributed by atoms with Crippen LogP contribution in [0.4, 0.5) is 0 Å². The Morgan fingerprint density at radius 2 is 1.80 bits per heavy atom. The van der Waals surface area contributed by atoms with E-state index in [1.807, 2.05) is 18.2 Å². The van der Waals surface area contributed by atoms with E-state index in [9.17, 15) is 4.79 Å². The predicted octanol–water partition coefficient (Wildman–Crippen LogP) is 4.63. The van der Waals surface area contributed by atoms with Crippen LogP contribution in [0.3, 0.4) is 0 Å². The first kappa shape index (κ1) is 13.2. The van der Waals surface area contributed by atoms with E-state index >= 15 is 0 Å². The zero-order chi connectivity index (χ0) is 14.5. The average molecular weight is 286 g/mol. The normalized spacial score (nSPS) is 12.2. The maximum Gasteiger partial charge on any atom is 0.197 e. The molecule has 0 spiro atoms. The number of pyridine rings is 1. The molecule has 3 aromatic rings. The number of nitrogens with one attached hydrogen (secondary N) is 1. The van der Waals surface area contributed by atoms with Gasteiger partial charge in [-0.1, -0.05) is 44.5 Å². The minimum atomic E-state index is 0.0247. The molecule has 0 aliphatic carbocycles. The molecule has 0 fully saturated rings. The molecule has 1 N–H and O–H groups in total. The molecule has 2 aromatic carbocycles. The van der Waals surface area contributed by atoms with Crippen LogP contribution in [0.15, 0.2) is 41.2 Å². The van der Waals surface area contributed by atoms with E-state index in [-0.39, 0.29) is 10.8 Å². The minimum Gasteiger partial charge on any atom is -0.353 e. The van der Waals surface area contributed by atoms with Crippen molar-refractivity contribution in [2.75, 3.05) is 0 Å². The predicted molar refractivity (Wildman–Crippen MR) is 85.8 cm³/mol. The Morgan fingerprint density at radius 1 is 1.05 bits per heavy atom. The molecule has 0 radical (unpaired) electrons. The maximum absolute atomic E-state index is 12.5. The molecule has 1 heterocycles. The Balaban J connectivity index is 2.45. The molecule has 0 aliphatic rings. The quantitative estimate of drug-likeness (QED) is 0.600. The molecular formula is C17H16ClNO. The van der Waals surface area contributed by atoms with E-state index in [0.717, 1.165) is 5.52 Å². The van der Waals surface area contributed by atoms with Gasteiger partial charge in [-0.15, -0.1) is 0 Å². The van der Waals surface area contributed by atoms with Gasteiger partial charge in [-0.25, -0.2) is 0 Å². The summed E-state index contributed by atoms with van der Waals surface area (Å²) in [4.78, 5) is 15.8. The number of hydrogen-bond donors (Lipinski definition) is 1. The lowest BCUT2D eigenvalue weighted by atomic mass is 9.86. The van der Waals surface area contributed by atoms with Crippen LogP contribution < -0.4 is 5.43 Å². The second-order valence-corrected chi connectivity index (χ2v) is 6.53. The van der Waals surface area contributed by atoms with E-state index in [1.54, 1.807) is 18.2 Å². The summed E-state index contributed by atoms with van der Waals surface area (Å²) in [6, 6.07) is 11.4. The molecule has 20 heavy (non-hydrogen) atoms. The van der Waals surface area contributed by atoms with Gasteiger partial charge in [0.05, 0.1) is 16.1 Å². The molecule has 0 unspecified atom stereocenters. The summed E-state index contributed by atoms with van der Waals surface area (Å²) < 4.78 is 0. The van der Waals surface area contributed by atoms with Gasteiger partial charge in [-0.05, 0) is 35.2 Å². The molecule has 1 aromatic heterocycles. The highest BCUT2D eigenvalue weighted by Gasteiger charge is 2.15. The lowest BCUT2D eigenvalue weighted by Gasteiger charge is -2.19. The number of rotatable bonds is 0. The van der Waals surface area contributed by atoms with Crippen molar-refractivity contribution in [3.63, 3.8) is 0 Å². The van der Waals surface area contributed by atoms with Gasteiger partial charge in [0.25, 0.3) is 0 Å². The molecule has 3 rings (SSSR count). The molecule has 3 heteroatoms. The van der Waals surface area contributed by atoms with Crippen LogP contribution in [-0.4, -0.2) is 4.98 Å². The van der Waals surface area contributed by atoms with Gasteiger partial charge >= 0.3 is 0 Å². The Labute approximate surface area is 122 Å². The molecule has 0 bridgehead atoms. The first-order chi connectivity index (χ1) is 9.38. The van der Waals surface area contributed by atoms with Crippen LogP contribution in [0.2, 0.25) is 5.02 Å². The van der Waals surface area contributed by atoms with Crippen molar-refractivity contribution in [1.82, 2.24) is 4.98 Å². The third kappa shape index (κ3) is 2.01. The van der Waals surface area contributed by atoms with Gasteiger partial charge < -0.3 is 4.98 Å². The Morgan fingerprint density at radius 3 is 2.50 bits per heavy atom. The Bertz CT molecular complexity index is 872. The largest absolute Gasteiger partial charge is 0.353 e. The summed E-state index contributed by atoms with van der Waals surface area (Å²) in [5.74, 6) is 0. The number of halogens is 1. The van der Waals surface area contributed by atoms with E-state index < -0.39 is 0 Å². The summed E-state index contributed by atoms with van der Waals surface area (Å²) >= 11 is 6.19. The zero-order valence-corrected chi connectivity index (χ0v) is 12.5. The number of aromatic amines is 1. The first-order valence-corrected chi connectivity index (χ1v) is 7.00. The van der Waals surface area contributed by atoms with Crippen LogP contribution in [0.1, 0.15) is 26.3 Å². The van der Waals surface area contributed by atoms with E-state index in [0.29, 0.717) is 21.3 Å². The highest BCUT2D eigenvalue weighted by atomic mass is 35.5. The molecule has 0 saturated heterocycles. The highest BCUT2D eigenvalue weighted by Crippen LogP contribution is 2.26. The summed E-state index contributed by atoms with van der Waals surface area (Å²) in [6.07, 6.45) is 0. The molecule has 0 atom stereocenters. The molecule has 0 aliphatic heterocycles. The highest BCUT2D eigenvalue weighted by molar-refractivity contribution is 6.35. The van der Waals surface area contributed by atoms with Crippen molar-refractivity contribution in [3.05, 3.63) is 57.2 Å². The molecular weight excluding hydrogens is 270 g/mol. The fourth-order valence-electron chi connectivity index (χ4n) is 2.43. The number of benzene rings is 2. The number of aromatic nitrogens is 1. The number of fused-ring (bicyclic) bond motifs is 2. The summed E-state index contributed by atoms with van der Waals surface area (Å²) in [5, 5.41) is 1.91. The number of hydrogen-bond acceptors (Lipinski definition) is 1. The van der Waals surface area contributed by atoms with Crippen LogP contribution in [-0.2, 0) is 5.41 Å². The number of H-pyrrole nitrogens is 1. The SMILES string of the molecule is CC(C)(C)c1ccc2c(=O)c3cccc(Cl)c3[nH]c2c1. The van der Waals surface area contributed by atoms with Crippen LogP contribution in [0, 0.1) is 0 Å². The molecule has 2 nitrogen and oxygen atoms in total. The van der Waals surface area contributed by atoms with Crippen molar-refractivity contribution in [2.45, 2.75) is 26.2 Å². The fourth-order valence-corrected chi connectivity index (χ4v) is 2.65. The Hall–Kier alpha value is -1.80. The average Bonchev–Trinajstić information content (AvgIpc) is 2.39. The smallest absolute Gasteiger partial charge is 0.197 e. The Kier molecular flexibility index (Phi) is 2.87. The standard InChI is InChI=1S/C17H16ClNO/c1-17(2,3)10-7-8-11-14(9-10)19-15-12(16(11)20)5-4-6-13(15)18/h4-9H,1-3H3,(H,19,20). The topological polar surface area (TPSA) is 32.9 Å².